The number of ether oxygens (including phenoxy) is 1. The molecule has 6 heteroatoms. The van der Waals surface area contributed by atoms with Crippen LogP contribution < -0.4 is 5.32 Å². The van der Waals surface area contributed by atoms with E-state index in [1.807, 2.05) is 6.08 Å². The van der Waals surface area contributed by atoms with E-state index in [-0.39, 0.29) is 18.5 Å². The molecular weight excluding hydrogens is 755 g/mol. The van der Waals surface area contributed by atoms with Gasteiger partial charge in [0.15, 0.2) is 0 Å². The van der Waals surface area contributed by atoms with Gasteiger partial charge in [-0.15, -0.1) is 0 Å². The fourth-order valence-electron chi connectivity index (χ4n) is 8.26. The lowest BCUT2D eigenvalue weighted by molar-refractivity contribution is -0.143. The van der Waals surface area contributed by atoms with E-state index in [1.165, 1.54) is 218 Å². The summed E-state index contributed by atoms with van der Waals surface area (Å²) in [7, 11) is 0. The highest BCUT2D eigenvalue weighted by Crippen LogP contribution is 2.17. The molecule has 0 saturated carbocycles. The zero-order valence-corrected chi connectivity index (χ0v) is 40.9. The number of rotatable bonds is 50. The maximum absolute atomic E-state index is 12.4. The van der Waals surface area contributed by atoms with Gasteiger partial charge in [-0.3, -0.25) is 9.59 Å². The summed E-state index contributed by atoms with van der Waals surface area (Å²) in [4.78, 5) is 24.4. The number of amides is 1. The van der Waals surface area contributed by atoms with Gasteiger partial charge >= 0.3 is 5.97 Å². The third-order valence-electron chi connectivity index (χ3n) is 12.5. The average molecular weight is 860 g/mol. The number of nitrogens with one attached hydrogen (secondary N) is 1. The lowest BCUT2D eigenvalue weighted by Crippen LogP contribution is -2.45. The quantitative estimate of drug-likeness (QED) is 0.0322. The van der Waals surface area contributed by atoms with E-state index >= 15 is 0 Å². The van der Waals surface area contributed by atoms with Crippen LogP contribution in [0.2, 0.25) is 0 Å². The van der Waals surface area contributed by atoms with Gasteiger partial charge in [0.05, 0.1) is 25.4 Å². The molecule has 0 aliphatic carbocycles. The Morgan fingerprint density at radius 3 is 1.21 bits per heavy atom. The largest absolute Gasteiger partial charge is 0.466 e. The van der Waals surface area contributed by atoms with E-state index in [1.54, 1.807) is 6.08 Å². The van der Waals surface area contributed by atoms with E-state index in [9.17, 15) is 19.8 Å². The number of carbonyl (C=O) groups excluding carboxylic acids is 2. The Bertz CT molecular complexity index is 951. The molecule has 0 aliphatic rings. The van der Waals surface area contributed by atoms with Gasteiger partial charge in [-0.2, -0.15) is 0 Å². The monoisotopic (exact) mass is 860 g/mol. The van der Waals surface area contributed by atoms with Gasteiger partial charge in [0, 0.05) is 12.8 Å². The van der Waals surface area contributed by atoms with Crippen molar-refractivity contribution in [2.45, 2.75) is 302 Å². The highest BCUT2D eigenvalue weighted by atomic mass is 16.5. The Hall–Kier alpha value is -1.66. The van der Waals surface area contributed by atoms with Crippen LogP contribution in [0.1, 0.15) is 290 Å². The van der Waals surface area contributed by atoms with Crippen LogP contribution in [-0.2, 0) is 14.3 Å². The third kappa shape index (κ3) is 47.7. The minimum atomic E-state index is -0.843. The summed E-state index contributed by atoms with van der Waals surface area (Å²) in [5.74, 6) is -0.0696. The van der Waals surface area contributed by atoms with E-state index in [0.29, 0.717) is 19.4 Å². The van der Waals surface area contributed by atoms with Gasteiger partial charge in [0.2, 0.25) is 5.91 Å². The van der Waals surface area contributed by atoms with E-state index in [4.69, 9.17) is 4.74 Å². The van der Waals surface area contributed by atoms with Crippen molar-refractivity contribution in [3.8, 4) is 0 Å². The van der Waals surface area contributed by atoms with Crippen LogP contribution >= 0.6 is 0 Å². The van der Waals surface area contributed by atoms with Crippen molar-refractivity contribution in [3.63, 3.8) is 0 Å². The van der Waals surface area contributed by atoms with Crippen LogP contribution in [0.3, 0.4) is 0 Å². The Labute approximate surface area is 380 Å². The molecule has 2 unspecified atom stereocenters. The third-order valence-corrected chi connectivity index (χ3v) is 12.5. The molecule has 0 spiro atoms. The summed E-state index contributed by atoms with van der Waals surface area (Å²) < 4.78 is 5.45. The van der Waals surface area contributed by atoms with E-state index < -0.39 is 12.1 Å². The first-order chi connectivity index (χ1) is 30.0. The molecule has 2 atom stereocenters. The SMILES string of the molecule is CCCC/C=C\CCCCCCCC(=O)OCCCCCCCCCCCCCCCCCCCCCCCC(=O)NC(CO)C(O)/C=C/CCCCCCCCCCCC. The molecule has 1 amide bonds. The van der Waals surface area contributed by atoms with Crippen LogP contribution in [0.4, 0.5) is 0 Å². The first-order valence-corrected chi connectivity index (χ1v) is 27.1. The average Bonchev–Trinajstić information content (AvgIpc) is 3.26. The Kier molecular flexibility index (Phi) is 49.6. The Morgan fingerprint density at radius 1 is 0.443 bits per heavy atom. The number of hydrogen-bond acceptors (Lipinski definition) is 5. The molecule has 0 bridgehead atoms. The van der Waals surface area contributed by atoms with Gasteiger partial charge in [-0.1, -0.05) is 250 Å². The molecule has 360 valence electrons. The van der Waals surface area contributed by atoms with Gasteiger partial charge in [-0.25, -0.2) is 0 Å². The van der Waals surface area contributed by atoms with E-state index in [0.717, 1.165) is 44.9 Å². The Morgan fingerprint density at radius 2 is 0.787 bits per heavy atom. The van der Waals surface area contributed by atoms with Crippen molar-refractivity contribution in [2.24, 2.45) is 0 Å². The molecule has 0 rings (SSSR count). The number of hydrogen-bond donors (Lipinski definition) is 3. The molecule has 0 radical (unpaired) electrons. The predicted octanol–water partition coefficient (Wildman–Crippen LogP) is 16.3. The molecule has 0 aromatic carbocycles. The maximum atomic E-state index is 12.4. The zero-order valence-electron chi connectivity index (χ0n) is 40.9. The minimum absolute atomic E-state index is 0.0000347. The molecule has 0 fully saturated rings. The lowest BCUT2D eigenvalue weighted by atomic mass is 10.0. The Balaban J connectivity index is 3.40. The van der Waals surface area contributed by atoms with Crippen molar-refractivity contribution < 1.29 is 24.5 Å². The van der Waals surface area contributed by atoms with E-state index in [2.05, 4.69) is 31.3 Å². The van der Waals surface area contributed by atoms with Crippen molar-refractivity contribution in [2.75, 3.05) is 13.2 Å². The minimum Gasteiger partial charge on any atom is -0.466 e. The van der Waals surface area contributed by atoms with Crippen LogP contribution in [0.5, 0.6) is 0 Å². The summed E-state index contributed by atoms with van der Waals surface area (Å²) in [5.41, 5.74) is 0. The maximum Gasteiger partial charge on any atom is 0.305 e. The van der Waals surface area contributed by atoms with Crippen molar-refractivity contribution in [3.05, 3.63) is 24.3 Å². The first kappa shape index (κ1) is 59.3. The molecule has 0 saturated heterocycles. The van der Waals surface area contributed by atoms with Crippen LogP contribution in [-0.4, -0.2) is 47.4 Å². The van der Waals surface area contributed by atoms with Crippen molar-refractivity contribution in [1.29, 1.82) is 0 Å². The van der Waals surface area contributed by atoms with Crippen molar-refractivity contribution in [1.82, 2.24) is 5.32 Å². The summed E-state index contributed by atoms with van der Waals surface area (Å²) in [6, 6.07) is -0.627. The topological polar surface area (TPSA) is 95.9 Å². The molecule has 0 aromatic heterocycles. The van der Waals surface area contributed by atoms with Gasteiger partial charge in [-0.05, 0) is 51.4 Å². The number of allylic oxidation sites excluding steroid dienone is 3. The molecule has 0 aromatic rings. The van der Waals surface area contributed by atoms with Gasteiger partial charge in [0.1, 0.15) is 0 Å². The molecule has 0 heterocycles. The number of carbonyl (C=O) groups is 2. The fourth-order valence-corrected chi connectivity index (χ4v) is 8.26. The number of esters is 1. The second-order valence-electron chi connectivity index (χ2n) is 18.6. The molecule has 6 nitrogen and oxygen atoms in total. The summed E-state index contributed by atoms with van der Waals surface area (Å²) in [6.07, 6.45) is 60.5. The molecule has 3 N–H and O–H groups in total. The smallest absolute Gasteiger partial charge is 0.305 e. The van der Waals surface area contributed by atoms with Crippen molar-refractivity contribution >= 4 is 11.9 Å². The number of unbranched alkanes of at least 4 members (excludes halogenated alkanes) is 37. The fraction of sp³-hybridized carbons (Fsp3) is 0.891. The lowest BCUT2D eigenvalue weighted by Gasteiger charge is -2.20. The zero-order chi connectivity index (χ0) is 44.4. The second-order valence-corrected chi connectivity index (χ2v) is 18.6. The normalized spacial score (nSPS) is 12.8. The van der Waals surface area contributed by atoms with Gasteiger partial charge < -0.3 is 20.3 Å². The standard InChI is InChI=1S/C55H105NO5/c1-3-5-7-9-11-13-15-28-31-35-39-43-47-53(58)52(51-57)56-54(59)48-44-40-36-32-29-25-23-21-19-17-16-18-20-22-24-26-30-34-38-42-46-50-61-55(60)49-45-41-37-33-27-14-12-10-8-6-4-2/h10,12,43,47,52-53,57-58H,3-9,11,13-42,44-46,48-51H2,1-2H3,(H,56,59)/b12-10-,47-43+. The highest BCUT2D eigenvalue weighted by Gasteiger charge is 2.18. The van der Waals surface area contributed by atoms with Crippen LogP contribution in [0.15, 0.2) is 24.3 Å². The van der Waals surface area contributed by atoms with Crippen LogP contribution in [0.25, 0.3) is 0 Å². The van der Waals surface area contributed by atoms with Crippen LogP contribution in [0, 0.1) is 0 Å². The number of aliphatic hydroxyl groups excluding tert-OH is 2. The predicted molar refractivity (Wildman–Crippen MR) is 264 cm³/mol. The summed E-state index contributed by atoms with van der Waals surface area (Å²) >= 11 is 0. The molecular formula is C55H105NO5. The number of aliphatic hydroxyl groups is 2. The molecule has 0 aliphatic heterocycles. The second kappa shape index (κ2) is 51.0. The molecule has 61 heavy (non-hydrogen) atoms. The first-order valence-electron chi connectivity index (χ1n) is 27.1. The summed E-state index contributed by atoms with van der Waals surface area (Å²) in [5, 5.41) is 23.0. The van der Waals surface area contributed by atoms with Gasteiger partial charge in [0.25, 0.3) is 0 Å². The summed E-state index contributed by atoms with van der Waals surface area (Å²) in [6.45, 7) is 4.85. The highest BCUT2D eigenvalue weighted by molar-refractivity contribution is 5.76.